The van der Waals surface area contributed by atoms with Crippen molar-refractivity contribution in [1.82, 2.24) is 14.6 Å². The summed E-state index contributed by atoms with van der Waals surface area (Å²) >= 11 is 0. The van der Waals surface area contributed by atoms with Crippen LogP contribution in [-0.4, -0.2) is 21.7 Å². The van der Waals surface area contributed by atoms with Crippen LogP contribution in [0.4, 0.5) is 0 Å². The lowest BCUT2D eigenvalue weighted by molar-refractivity contribution is 0.380. The van der Waals surface area contributed by atoms with Gasteiger partial charge in [0.05, 0.1) is 7.11 Å². The van der Waals surface area contributed by atoms with Crippen LogP contribution >= 0.6 is 0 Å². The summed E-state index contributed by atoms with van der Waals surface area (Å²) < 4.78 is 6.97. The van der Waals surface area contributed by atoms with Crippen LogP contribution in [0.15, 0.2) is 18.2 Å². The summed E-state index contributed by atoms with van der Waals surface area (Å²) in [7, 11) is 1.64. The SMILES string of the molecule is COc1cccc2nc(CC(C)(C)C)nn12. The van der Waals surface area contributed by atoms with Gasteiger partial charge in [0.25, 0.3) is 0 Å². The molecule has 0 N–H and O–H groups in total. The highest BCUT2D eigenvalue weighted by atomic mass is 16.5. The molecule has 0 aliphatic rings. The van der Waals surface area contributed by atoms with Crippen LogP contribution in [0.1, 0.15) is 26.6 Å². The van der Waals surface area contributed by atoms with Crippen molar-refractivity contribution in [3.8, 4) is 5.88 Å². The molecule has 0 radical (unpaired) electrons. The fourth-order valence-corrected chi connectivity index (χ4v) is 1.63. The topological polar surface area (TPSA) is 39.4 Å². The molecule has 2 aromatic rings. The third-order valence-corrected chi connectivity index (χ3v) is 2.27. The highest BCUT2D eigenvalue weighted by molar-refractivity contribution is 5.40. The molecule has 2 rings (SSSR count). The summed E-state index contributed by atoms with van der Waals surface area (Å²) in [6.07, 6.45) is 0.859. The maximum absolute atomic E-state index is 5.23. The Morgan fingerprint density at radius 2 is 2.06 bits per heavy atom. The first kappa shape index (κ1) is 10.9. The number of hydrogen-bond acceptors (Lipinski definition) is 3. The van der Waals surface area contributed by atoms with Crippen LogP contribution in [0.5, 0.6) is 5.88 Å². The van der Waals surface area contributed by atoms with E-state index in [0.29, 0.717) is 5.88 Å². The molecular formula is C12H17N3O. The highest BCUT2D eigenvalue weighted by Gasteiger charge is 2.15. The minimum atomic E-state index is 0.193. The van der Waals surface area contributed by atoms with Crippen molar-refractivity contribution < 1.29 is 4.74 Å². The molecule has 0 fully saturated rings. The van der Waals surface area contributed by atoms with E-state index in [0.717, 1.165) is 17.9 Å². The van der Waals surface area contributed by atoms with Gasteiger partial charge in [-0.3, -0.25) is 0 Å². The molecule has 0 saturated carbocycles. The zero-order valence-corrected chi connectivity index (χ0v) is 10.2. The Bertz CT molecular complexity index is 496. The van der Waals surface area contributed by atoms with Gasteiger partial charge in [-0.15, -0.1) is 5.10 Å². The number of hydrogen-bond donors (Lipinski definition) is 0. The third kappa shape index (κ3) is 2.15. The van der Waals surface area contributed by atoms with E-state index >= 15 is 0 Å². The van der Waals surface area contributed by atoms with Crippen LogP contribution in [-0.2, 0) is 6.42 Å². The average molecular weight is 219 g/mol. The maximum atomic E-state index is 5.23. The fraction of sp³-hybridized carbons (Fsp3) is 0.500. The highest BCUT2D eigenvalue weighted by Crippen LogP contribution is 2.20. The monoisotopic (exact) mass is 219 g/mol. The van der Waals surface area contributed by atoms with Crippen LogP contribution in [0, 0.1) is 5.41 Å². The molecule has 0 bridgehead atoms. The van der Waals surface area contributed by atoms with Gasteiger partial charge in [-0.2, -0.15) is 4.52 Å². The lowest BCUT2D eigenvalue weighted by Crippen LogP contribution is -2.10. The predicted molar refractivity (Wildman–Crippen MR) is 62.7 cm³/mol. The number of methoxy groups -OCH3 is 1. The summed E-state index contributed by atoms with van der Waals surface area (Å²) in [5, 5.41) is 4.45. The van der Waals surface area contributed by atoms with Gasteiger partial charge >= 0.3 is 0 Å². The molecule has 0 unspecified atom stereocenters. The second kappa shape index (κ2) is 3.77. The van der Waals surface area contributed by atoms with E-state index < -0.39 is 0 Å². The quantitative estimate of drug-likeness (QED) is 0.778. The van der Waals surface area contributed by atoms with Gasteiger partial charge in [0.1, 0.15) is 0 Å². The van der Waals surface area contributed by atoms with E-state index in [1.807, 2.05) is 18.2 Å². The number of pyridine rings is 1. The molecule has 0 saturated heterocycles. The van der Waals surface area contributed by atoms with E-state index in [2.05, 4.69) is 30.9 Å². The average Bonchev–Trinajstić information content (AvgIpc) is 2.56. The molecule has 2 aromatic heterocycles. The minimum Gasteiger partial charge on any atom is -0.481 e. The molecule has 4 nitrogen and oxygen atoms in total. The zero-order chi connectivity index (χ0) is 11.8. The van der Waals surface area contributed by atoms with Crippen LogP contribution in [0.25, 0.3) is 5.65 Å². The maximum Gasteiger partial charge on any atom is 0.216 e. The Balaban J connectivity index is 2.44. The summed E-state index contributed by atoms with van der Waals surface area (Å²) in [6.45, 7) is 6.53. The van der Waals surface area contributed by atoms with E-state index in [1.54, 1.807) is 11.6 Å². The van der Waals surface area contributed by atoms with Crippen molar-refractivity contribution in [1.29, 1.82) is 0 Å². The van der Waals surface area contributed by atoms with Crippen molar-refractivity contribution >= 4 is 5.65 Å². The number of ether oxygens (including phenoxy) is 1. The molecule has 0 spiro atoms. The predicted octanol–water partition coefficient (Wildman–Crippen LogP) is 2.33. The van der Waals surface area contributed by atoms with Crippen LogP contribution in [0.3, 0.4) is 0 Å². The molecule has 4 heteroatoms. The standard InChI is InChI=1S/C12H17N3O/c1-12(2,3)8-9-13-10-6-5-7-11(16-4)15(10)14-9/h5-7H,8H2,1-4H3. The number of aromatic nitrogens is 3. The Kier molecular flexibility index (Phi) is 2.58. The summed E-state index contributed by atoms with van der Waals surface area (Å²) in [6, 6.07) is 5.73. The smallest absolute Gasteiger partial charge is 0.216 e. The number of nitrogens with zero attached hydrogens (tertiary/aromatic N) is 3. The van der Waals surface area contributed by atoms with E-state index in [4.69, 9.17) is 4.74 Å². The van der Waals surface area contributed by atoms with Crippen molar-refractivity contribution in [2.45, 2.75) is 27.2 Å². The molecular weight excluding hydrogens is 202 g/mol. The second-order valence-electron chi connectivity index (χ2n) is 5.10. The number of fused-ring (bicyclic) bond motifs is 1. The van der Waals surface area contributed by atoms with E-state index in [-0.39, 0.29) is 5.41 Å². The first-order chi connectivity index (χ1) is 7.49. The Morgan fingerprint density at radius 1 is 1.31 bits per heavy atom. The Labute approximate surface area is 95.3 Å². The normalized spacial score (nSPS) is 12.0. The first-order valence-corrected chi connectivity index (χ1v) is 5.38. The van der Waals surface area contributed by atoms with Gasteiger partial charge < -0.3 is 4.74 Å². The molecule has 0 atom stereocenters. The summed E-state index contributed by atoms with van der Waals surface area (Å²) in [4.78, 5) is 4.48. The summed E-state index contributed by atoms with van der Waals surface area (Å²) in [5.74, 6) is 1.57. The zero-order valence-electron chi connectivity index (χ0n) is 10.2. The molecule has 0 aliphatic heterocycles. The van der Waals surface area contributed by atoms with Crippen molar-refractivity contribution in [2.75, 3.05) is 7.11 Å². The largest absolute Gasteiger partial charge is 0.481 e. The lowest BCUT2D eigenvalue weighted by atomic mass is 9.92. The van der Waals surface area contributed by atoms with Crippen LogP contribution in [0.2, 0.25) is 0 Å². The van der Waals surface area contributed by atoms with E-state index in [1.165, 1.54) is 0 Å². The van der Waals surface area contributed by atoms with Gasteiger partial charge in [-0.25, -0.2) is 4.98 Å². The molecule has 16 heavy (non-hydrogen) atoms. The van der Waals surface area contributed by atoms with Gasteiger partial charge in [0, 0.05) is 12.5 Å². The van der Waals surface area contributed by atoms with Crippen molar-refractivity contribution in [3.05, 3.63) is 24.0 Å². The van der Waals surface area contributed by atoms with Crippen molar-refractivity contribution in [3.63, 3.8) is 0 Å². The van der Waals surface area contributed by atoms with Gasteiger partial charge in [-0.05, 0) is 11.5 Å². The molecule has 86 valence electrons. The molecule has 2 heterocycles. The lowest BCUT2D eigenvalue weighted by Gasteiger charge is -2.14. The van der Waals surface area contributed by atoms with Gasteiger partial charge in [-0.1, -0.05) is 26.8 Å². The Morgan fingerprint density at radius 3 is 2.69 bits per heavy atom. The van der Waals surface area contributed by atoms with Crippen LogP contribution < -0.4 is 4.74 Å². The van der Waals surface area contributed by atoms with Crippen molar-refractivity contribution in [2.24, 2.45) is 5.41 Å². The molecule has 0 aromatic carbocycles. The number of rotatable bonds is 2. The second-order valence-corrected chi connectivity index (χ2v) is 5.10. The van der Waals surface area contributed by atoms with Gasteiger partial charge in [0.15, 0.2) is 11.5 Å². The molecule has 0 aliphatic carbocycles. The molecule has 0 amide bonds. The summed E-state index contributed by atoms with van der Waals surface area (Å²) in [5.41, 5.74) is 1.02. The third-order valence-electron chi connectivity index (χ3n) is 2.27. The first-order valence-electron chi connectivity index (χ1n) is 5.38. The minimum absolute atomic E-state index is 0.193. The fourth-order valence-electron chi connectivity index (χ4n) is 1.63. The van der Waals surface area contributed by atoms with E-state index in [9.17, 15) is 0 Å². The van der Waals surface area contributed by atoms with Gasteiger partial charge in [0.2, 0.25) is 5.88 Å². The Hall–Kier alpha value is -1.58.